The van der Waals surface area contributed by atoms with Crippen molar-refractivity contribution in [3.63, 3.8) is 0 Å². The van der Waals surface area contributed by atoms with Crippen molar-refractivity contribution in [3.8, 4) is 0 Å². The fourth-order valence-electron chi connectivity index (χ4n) is 1.79. The highest BCUT2D eigenvalue weighted by Crippen LogP contribution is 2.18. The van der Waals surface area contributed by atoms with E-state index < -0.39 is 10.0 Å². The number of unbranched alkanes of at least 4 members (excludes halogenated alkanes) is 2. The van der Waals surface area contributed by atoms with E-state index in [1.807, 2.05) is 13.0 Å². The van der Waals surface area contributed by atoms with Crippen molar-refractivity contribution in [2.24, 2.45) is 5.14 Å². The summed E-state index contributed by atoms with van der Waals surface area (Å²) in [6.45, 7) is 2.10. The largest absolute Gasteiger partial charge is 0.396 e. The lowest BCUT2D eigenvalue weighted by atomic mass is 10.0. The fourth-order valence-corrected chi connectivity index (χ4v) is 2.57. The highest BCUT2D eigenvalue weighted by Gasteiger charge is 2.13. The standard InChI is InChI=1S/C12H19NO3S/c1-10-6-7-12(17(13,15)16)11(9-10)5-3-2-4-8-14/h6-7,9,14H,2-5,8H2,1H3,(H2,13,15,16). The third kappa shape index (κ3) is 4.46. The fraction of sp³-hybridized carbons (Fsp3) is 0.500. The Bertz CT molecular complexity index is 469. The molecule has 0 aliphatic carbocycles. The van der Waals surface area contributed by atoms with E-state index in [4.69, 9.17) is 10.2 Å². The number of benzene rings is 1. The van der Waals surface area contributed by atoms with Gasteiger partial charge in [0.15, 0.2) is 0 Å². The van der Waals surface area contributed by atoms with Crippen LogP contribution in [-0.2, 0) is 16.4 Å². The maximum absolute atomic E-state index is 11.4. The van der Waals surface area contributed by atoms with E-state index in [1.165, 1.54) is 0 Å². The molecule has 1 aromatic carbocycles. The number of aliphatic hydroxyl groups excluding tert-OH is 1. The zero-order valence-corrected chi connectivity index (χ0v) is 10.8. The Labute approximate surface area is 103 Å². The first-order valence-corrected chi connectivity index (χ1v) is 7.23. The van der Waals surface area contributed by atoms with Gasteiger partial charge in [0.05, 0.1) is 4.90 Å². The molecule has 0 saturated carbocycles. The molecule has 0 bridgehead atoms. The molecule has 1 rings (SSSR count). The molecule has 0 atom stereocenters. The number of aliphatic hydroxyl groups is 1. The van der Waals surface area contributed by atoms with Gasteiger partial charge < -0.3 is 5.11 Å². The first-order chi connectivity index (χ1) is 7.95. The van der Waals surface area contributed by atoms with E-state index in [0.717, 1.165) is 30.4 Å². The Morgan fingerprint density at radius 2 is 1.94 bits per heavy atom. The van der Waals surface area contributed by atoms with Gasteiger partial charge in [-0.25, -0.2) is 13.6 Å². The molecule has 4 nitrogen and oxygen atoms in total. The number of nitrogens with two attached hydrogens (primary N) is 1. The Balaban J connectivity index is 2.85. The summed E-state index contributed by atoms with van der Waals surface area (Å²) in [5, 5.41) is 13.8. The van der Waals surface area contributed by atoms with Crippen molar-refractivity contribution in [2.75, 3.05) is 6.61 Å². The van der Waals surface area contributed by atoms with Crippen LogP contribution in [0.5, 0.6) is 0 Å². The highest BCUT2D eigenvalue weighted by molar-refractivity contribution is 7.89. The zero-order chi connectivity index (χ0) is 12.9. The summed E-state index contributed by atoms with van der Waals surface area (Å²) in [4.78, 5) is 0.215. The molecular weight excluding hydrogens is 238 g/mol. The van der Waals surface area contributed by atoms with Crippen LogP contribution >= 0.6 is 0 Å². The summed E-state index contributed by atoms with van der Waals surface area (Å²) < 4.78 is 22.8. The lowest BCUT2D eigenvalue weighted by molar-refractivity contribution is 0.283. The summed E-state index contributed by atoms with van der Waals surface area (Å²) in [6.07, 6.45) is 3.16. The van der Waals surface area contributed by atoms with Crippen molar-refractivity contribution >= 4 is 10.0 Å². The molecule has 0 unspecified atom stereocenters. The number of rotatable bonds is 6. The molecule has 0 radical (unpaired) electrons. The third-order valence-electron chi connectivity index (χ3n) is 2.63. The van der Waals surface area contributed by atoms with E-state index >= 15 is 0 Å². The maximum atomic E-state index is 11.4. The minimum atomic E-state index is -3.64. The van der Waals surface area contributed by atoms with Crippen molar-refractivity contribution in [1.29, 1.82) is 0 Å². The smallest absolute Gasteiger partial charge is 0.238 e. The monoisotopic (exact) mass is 257 g/mol. The van der Waals surface area contributed by atoms with Crippen LogP contribution < -0.4 is 5.14 Å². The molecule has 0 spiro atoms. The van der Waals surface area contributed by atoms with E-state index in [-0.39, 0.29) is 11.5 Å². The Kier molecular flexibility index (Phi) is 5.11. The summed E-state index contributed by atoms with van der Waals surface area (Å²) in [7, 11) is -3.64. The van der Waals surface area contributed by atoms with Gasteiger partial charge in [0.1, 0.15) is 0 Å². The van der Waals surface area contributed by atoms with Gasteiger partial charge in [-0.3, -0.25) is 0 Å². The molecule has 0 saturated heterocycles. The molecule has 0 fully saturated rings. The zero-order valence-electron chi connectivity index (χ0n) is 10.0. The van der Waals surface area contributed by atoms with Crippen LogP contribution in [0.1, 0.15) is 30.4 Å². The number of primary sulfonamides is 1. The number of hydrogen-bond acceptors (Lipinski definition) is 3. The van der Waals surface area contributed by atoms with Gasteiger partial charge >= 0.3 is 0 Å². The molecular formula is C12H19NO3S. The molecule has 1 aromatic rings. The lowest BCUT2D eigenvalue weighted by Crippen LogP contribution is -2.14. The quantitative estimate of drug-likeness (QED) is 0.755. The predicted molar refractivity (Wildman–Crippen MR) is 67.2 cm³/mol. The number of aryl methyl sites for hydroxylation is 2. The first-order valence-electron chi connectivity index (χ1n) is 5.68. The lowest BCUT2D eigenvalue weighted by Gasteiger charge is -2.08. The molecule has 0 aromatic heterocycles. The topological polar surface area (TPSA) is 80.4 Å². The van der Waals surface area contributed by atoms with E-state index in [9.17, 15) is 8.42 Å². The van der Waals surface area contributed by atoms with E-state index in [2.05, 4.69) is 0 Å². The summed E-state index contributed by atoms with van der Waals surface area (Å²) in [6, 6.07) is 5.17. The van der Waals surface area contributed by atoms with Gasteiger partial charge in [0.2, 0.25) is 10.0 Å². The molecule has 0 aliphatic rings. The molecule has 0 amide bonds. The Hall–Kier alpha value is -0.910. The summed E-state index contributed by atoms with van der Waals surface area (Å²) in [5.74, 6) is 0. The highest BCUT2D eigenvalue weighted by atomic mass is 32.2. The Morgan fingerprint density at radius 1 is 1.24 bits per heavy atom. The van der Waals surface area contributed by atoms with Crippen LogP contribution in [0.15, 0.2) is 23.1 Å². The second kappa shape index (κ2) is 6.14. The van der Waals surface area contributed by atoms with Crippen LogP contribution in [0, 0.1) is 6.92 Å². The average Bonchev–Trinajstić information content (AvgIpc) is 2.23. The first kappa shape index (κ1) is 14.2. The van der Waals surface area contributed by atoms with Crippen molar-refractivity contribution in [3.05, 3.63) is 29.3 Å². The van der Waals surface area contributed by atoms with Crippen molar-refractivity contribution in [2.45, 2.75) is 37.5 Å². The number of hydrogen-bond donors (Lipinski definition) is 2. The van der Waals surface area contributed by atoms with Crippen LogP contribution in [0.3, 0.4) is 0 Å². The van der Waals surface area contributed by atoms with Crippen LogP contribution in [0.2, 0.25) is 0 Å². The molecule has 0 aliphatic heterocycles. The van der Waals surface area contributed by atoms with E-state index in [1.54, 1.807) is 12.1 Å². The summed E-state index contributed by atoms with van der Waals surface area (Å²) >= 11 is 0. The third-order valence-corrected chi connectivity index (χ3v) is 3.64. The number of sulfonamides is 1. The maximum Gasteiger partial charge on any atom is 0.238 e. The van der Waals surface area contributed by atoms with Crippen molar-refractivity contribution in [1.82, 2.24) is 0 Å². The van der Waals surface area contributed by atoms with Gasteiger partial charge in [-0.2, -0.15) is 0 Å². The average molecular weight is 257 g/mol. The molecule has 3 N–H and O–H groups in total. The predicted octanol–water partition coefficient (Wildman–Crippen LogP) is 1.35. The molecule has 96 valence electrons. The minimum Gasteiger partial charge on any atom is -0.396 e. The molecule has 5 heteroatoms. The van der Waals surface area contributed by atoms with Crippen LogP contribution in [0.25, 0.3) is 0 Å². The SMILES string of the molecule is Cc1ccc(S(N)(=O)=O)c(CCCCCO)c1. The minimum absolute atomic E-state index is 0.176. The van der Waals surface area contributed by atoms with Gasteiger partial charge in [-0.05, 0) is 37.8 Å². The van der Waals surface area contributed by atoms with Gasteiger partial charge in [0.25, 0.3) is 0 Å². The van der Waals surface area contributed by atoms with Crippen LogP contribution in [0.4, 0.5) is 0 Å². The summed E-state index contributed by atoms with van der Waals surface area (Å²) in [5.41, 5.74) is 1.79. The van der Waals surface area contributed by atoms with Gasteiger partial charge in [0, 0.05) is 6.61 Å². The second-order valence-corrected chi connectivity index (χ2v) is 5.72. The normalized spacial score (nSPS) is 11.7. The van der Waals surface area contributed by atoms with Crippen molar-refractivity contribution < 1.29 is 13.5 Å². The van der Waals surface area contributed by atoms with Crippen LogP contribution in [-0.4, -0.2) is 20.1 Å². The Morgan fingerprint density at radius 3 is 2.53 bits per heavy atom. The molecule has 0 heterocycles. The van der Waals surface area contributed by atoms with E-state index in [0.29, 0.717) is 6.42 Å². The van der Waals surface area contributed by atoms with Gasteiger partial charge in [-0.15, -0.1) is 0 Å². The van der Waals surface area contributed by atoms with Gasteiger partial charge in [-0.1, -0.05) is 24.1 Å². The second-order valence-electron chi connectivity index (χ2n) is 4.19. The molecule has 17 heavy (non-hydrogen) atoms.